The first-order valence-corrected chi connectivity index (χ1v) is 4.27. The highest BCUT2D eigenvalue weighted by Gasteiger charge is 2.00. The third kappa shape index (κ3) is 1.37. The molecule has 0 saturated carbocycles. The maximum Gasteiger partial charge on any atom is 0.0992 e. The van der Waals surface area contributed by atoms with E-state index in [-0.39, 0.29) is 0 Å². The molecule has 0 N–H and O–H groups in total. The van der Waals surface area contributed by atoms with E-state index in [0.717, 1.165) is 10.8 Å². The second kappa shape index (κ2) is 3.08. The third-order valence-corrected chi connectivity index (χ3v) is 2.25. The van der Waals surface area contributed by atoms with Gasteiger partial charge in [-0.1, -0.05) is 35.9 Å². The number of benzene rings is 2. The Morgan fingerprint density at radius 3 is 2.69 bits per heavy atom. The van der Waals surface area contributed by atoms with Crippen LogP contribution in [0.5, 0.6) is 0 Å². The molecule has 2 heteroatoms. The molecule has 2 aromatic carbocycles. The van der Waals surface area contributed by atoms with Crippen LogP contribution in [0.2, 0.25) is 5.02 Å². The molecule has 0 aromatic heterocycles. The Balaban J connectivity index is 2.86. The molecule has 0 aliphatic rings. The molecule has 0 heterocycles. The first kappa shape index (κ1) is 8.10. The SMILES string of the molecule is N#Cc1cc(Cl)c2ccccc2c1. The van der Waals surface area contributed by atoms with Gasteiger partial charge in [-0.05, 0) is 17.5 Å². The van der Waals surface area contributed by atoms with Crippen molar-refractivity contribution in [2.24, 2.45) is 0 Å². The topological polar surface area (TPSA) is 23.8 Å². The van der Waals surface area contributed by atoms with Crippen LogP contribution in [0.1, 0.15) is 5.56 Å². The van der Waals surface area contributed by atoms with Crippen LogP contribution in [0.25, 0.3) is 10.8 Å². The first-order valence-electron chi connectivity index (χ1n) is 3.89. The summed E-state index contributed by atoms with van der Waals surface area (Å²) in [6.07, 6.45) is 0. The summed E-state index contributed by atoms with van der Waals surface area (Å²) < 4.78 is 0. The van der Waals surface area contributed by atoms with Crippen molar-refractivity contribution < 1.29 is 0 Å². The van der Waals surface area contributed by atoms with Crippen molar-refractivity contribution in [3.8, 4) is 6.07 Å². The fraction of sp³-hybridized carbons (Fsp3) is 0. The molecule has 2 aromatic rings. The van der Waals surface area contributed by atoms with Crippen molar-refractivity contribution in [2.75, 3.05) is 0 Å². The average Bonchev–Trinajstić information content (AvgIpc) is 2.18. The minimum absolute atomic E-state index is 0.601. The van der Waals surface area contributed by atoms with Crippen molar-refractivity contribution in [3.63, 3.8) is 0 Å². The van der Waals surface area contributed by atoms with Crippen LogP contribution in [0, 0.1) is 11.3 Å². The quantitative estimate of drug-likeness (QED) is 0.621. The predicted molar refractivity (Wildman–Crippen MR) is 53.7 cm³/mol. The molecular weight excluding hydrogens is 182 g/mol. The Bertz CT molecular complexity index is 497. The van der Waals surface area contributed by atoms with Gasteiger partial charge in [-0.15, -0.1) is 0 Å². The van der Waals surface area contributed by atoms with Crippen LogP contribution in [-0.4, -0.2) is 0 Å². The molecule has 0 bridgehead atoms. The van der Waals surface area contributed by atoms with Crippen LogP contribution < -0.4 is 0 Å². The van der Waals surface area contributed by atoms with Crippen molar-refractivity contribution in [1.29, 1.82) is 5.26 Å². The Labute approximate surface area is 81.2 Å². The molecule has 0 saturated heterocycles. The number of nitrogens with zero attached hydrogens (tertiary/aromatic N) is 1. The molecule has 1 nitrogen and oxygen atoms in total. The third-order valence-electron chi connectivity index (χ3n) is 1.94. The van der Waals surface area contributed by atoms with Gasteiger partial charge < -0.3 is 0 Å². The summed E-state index contributed by atoms with van der Waals surface area (Å²) >= 11 is 5.99. The van der Waals surface area contributed by atoms with Gasteiger partial charge >= 0.3 is 0 Å². The lowest BCUT2D eigenvalue weighted by atomic mass is 10.1. The predicted octanol–water partition coefficient (Wildman–Crippen LogP) is 3.36. The molecule has 0 radical (unpaired) electrons. The standard InChI is InChI=1S/C11H6ClN/c12-11-6-8(7-13)5-9-3-1-2-4-10(9)11/h1-6H. The Hall–Kier alpha value is -1.52. The summed E-state index contributed by atoms with van der Waals surface area (Å²) in [5, 5.41) is 11.3. The van der Waals surface area contributed by atoms with Crippen molar-refractivity contribution in [1.82, 2.24) is 0 Å². The van der Waals surface area contributed by atoms with Gasteiger partial charge in [0.25, 0.3) is 0 Å². The van der Waals surface area contributed by atoms with Crippen molar-refractivity contribution in [3.05, 3.63) is 47.0 Å². The molecule has 0 atom stereocenters. The Kier molecular flexibility index (Phi) is 1.92. The molecular formula is C11H6ClN. The van der Waals surface area contributed by atoms with E-state index in [9.17, 15) is 0 Å². The molecule has 0 unspecified atom stereocenters. The summed E-state index contributed by atoms with van der Waals surface area (Å²) in [5.74, 6) is 0. The average molecular weight is 188 g/mol. The highest BCUT2D eigenvalue weighted by Crippen LogP contribution is 2.24. The highest BCUT2D eigenvalue weighted by atomic mass is 35.5. The lowest BCUT2D eigenvalue weighted by Crippen LogP contribution is -1.77. The normalized spacial score (nSPS) is 9.85. The second-order valence-corrected chi connectivity index (χ2v) is 3.20. The van der Waals surface area contributed by atoms with Crippen LogP contribution in [0.15, 0.2) is 36.4 Å². The van der Waals surface area contributed by atoms with Gasteiger partial charge in [0.15, 0.2) is 0 Å². The minimum Gasteiger partial charge on any atom is -0.192 e. The zero-order valence-electron chi connectivity index (χ0n) is 6.79. The summed E-state index contributed by atoms with van der Waals surface area (Å²) in [4.78, 5) is 0. The zero-order valence-corrected chi connectivity index (χ0v) is 7.55. The maximum atomic E-state index is 8.71. The van der Waals surface area contributed by atoms with Crippen LogP contribution in [0.3, 0.4) is 0 Å². The fourth-order valence-corrected chi connectivity index (χ4v) is 1.62. The molecule has 13 heavy (non-hydrogen) atoms. The van der Waals surface area contributed by atoms with E-state index in [4.69, 9.17) is 16.9 Å². The number of nitriles is 1. The van der Waals surface area contributed by atoms with Gasteiger partial charge in [0.05, 0.1) is 11.6 Å². The molecule has 0 fully saturated rings. The summed E-state index contributed by atoms with van der Waals surface area (Å²) in [6, 6.07) is 13.3. The minimum atomic E-state index is 0.601. The zero-order chi connectivity index (χ0) is 9.26. The smallest absolute Gasteiger partial charge is 0.0992 e. The van der Waals surface area contributed by atoms with Crippen molar-refractivity contribution >= 4 is 22.4 Å². The summed E-state index contributed by atoms with van der Waals surface area (Å²) in [7, 11) is 0. The van der Waals surface area contributed by atoms with Gasteiger partial charge in [0.1, 0.15) is 0 Å². The molecule has 0 amide bonds. The fourth-order valence-electron chi connectivity index (χ4n) is 1.33. The monoisotopic (exact) mass is 187 g/mol. The Morgan fingerprint density at radius 2 is 1.92 bits per heavy atom. The lowest BCUT2D eigenvalue weighted by Gasteiger charge is -1.99. The molecule has 62 valence electrons. The summed E-state index contributed by atoms with van der Waals surface area (Å²) in [6.45, 7) is 0. The van der Waals surface area contributed by atoms with E-state index < -0.39 is 0 Å². The van der Waals surface area contributed by atoms with Crippen molar-refractivity contribution in [2.45, 2.75) is 0 Å². The maximum absolute atomic E-state index is 8.71. The number of halogens is 1. The lowest BCUT2D eigenvalue weighted by molar-refractivity contribution is 1.50. The van der Waals surface area contributed by atoms with E-state index in [1.807, 2.05) is 30.3 Å². The number of fused-ring (bicyclic) bond motifs is 1. The van der Waals surface area contributed by atoms with Gasteiger partial charge in [0, 0.05) is 10.4 Å². The molecule has 0 aliphatic heterocycles. The highest BCUT2D eigenvalue weighted by molar-refractivity contribution is 6.35. The van der Waals surface area contributed by atoms with Crippen LogP contribution in [-0.2, 0) is 0 Å². The number of hydrogen-bond donors (Lipinski definition) is 0. The van der Waals surface area contributed by atoms with E-state index in [2.05, 4.69) is 6.07 Å². The first-order chi connectivity index (χ1) is 6.31. The van der Waals surface area contributed by atoms with Crippen LogP contribution in [0.4, 0.5) is 0 Å². The summed E-state index contributed by atoms with van der Waals surface area (Å²) in [5.41, 5.74) is 0.601. The number of hydrogen-bond acceptors (Lipinski definition) is 1. The van der Waals surface area contributed by atoms with E-state index in [0.29, 0.717) is 10.6 Å². The molecule has 2 rings (SSSR count). The van der Waals surface area contributed by atoms with Gasteiger partial charge in [-0.25, -0.2) is 0 Å². The van der Waals surface area contributed by atoms with Crippen LogP contribution >= 0.6 is 11.6 Å². The van der Waals surface area contributed by atoms with Gasteiger partial charge in [-0.2, -0.15) is 5.26 Å². The van der Waals surface area contributed by atoms with Gasteiger partial charge in [0.2, 0.25) is 0 Å². The van der Waals surface area contributed by atoms with E-state index in [1.165, 1.54) is 0 Å². The van der Waals surface area contributed by atoms with Gasteiger partial charge in [-0.3, -0.25) is 0 Å². The Morgan fingerprint density at radius 1 is 1.15 bits per heavy atom. The number of rotatable bonds is 0. The molecule has 0 spiro atoms. The second-order valence-electron chi connectivity index (χ2n) is 2.79. The molecule has 0 aliphatic carbocycles. The largest absolute Gasteiger partial charge is 0.192 e. The van der Waals surface area contributed by atoms with E-state index >= 15 is 0 Å². The van der Waals surface area contributed by atoms with E-state index in [1.54, 1.807) is 6.07 Å².